The van der Waals surface area contributed by atoms with Crippen LogP contribution in [-0.2, 0) is 9.59 Å². The van der Waals surface area contributed by atoms with Crippen LogP contribution in [0.1, 0.15) is 13.8 Å². The number of halogens is 1. The number of alkyl halides is 1. The van der Waals surface area contributed by atoms with Crippen LogP contribution in [-0.4, -0.2) is 43.2 Å². The topological polar surface area (TPSA) is 49.4 Å². The van der Waals surface area contributed by atoms with Crippen molar-refractivity contribution in [3.8, 4) is 0 Å². The van der Waals surface area contributed by atoms with E-state index in [4.69, 9.17) is 11.6 Å². The summed E-state index contributed by atoms with van der Waals surface area (Å²) >= 11 is 5.61. The lowest BCUT2D eigenvalue weighted by atomic mass is 9.95. The molecule has 0 saturated carbocycles. The molecular weight excluding hydrogens is 204 g/mol. The molecule has 0 spiro atoms. The molecular formula is C9H17ClN2O2. The van der Waals surface area contributed by atoms with Gasteiger partial charge in [0, 0.05) is 20.0 Å². The molecule has 0 atom stereocenters. The molecule has 5 heteroatoms. The number of nitrogens with one attached hydrogen (secondary N) is 1. The first kappa shape index (κ1) is 13.2. The Hall–Kier alpha value is -0.770. The number of nitrogens with zero attached hydrogens (tertiary/aromatic N) is 1. The van der Waals surface area contributed by atoms with Crippen LogP contribution in [0, 0.1) is 5.41 Å². The average molecular weight is 221 g/mol. The summed E-state index contributed by atoms with van der Waals surface area (Å²) in [6.45, 7) is 3.48. The first-order valence-corrected chi connectivity index (χ1v) is 4.89. The zero-order valence-corrected chi connectivity index (χ0v) is 9.81. The molecule has 1 N–H and O–H groups in total. The summed E-state index contributed by atoms with van der Waals surface area (Å²) in [5.41, 5.74) is -0.631. The van der Waals surface area contributed by atoms with Crippen molar-refractivity contribution < 1.29 is 9.59 Å². The monoisotopic (exact) mass is 220 g/mol. The van der Waals surface area contributed by atoms with Gasteiger partial charge in [0.25, 0.3) is 0 Å². The van der Waals surface area contributed by atoms with Crippen LogP contribution in [0.25, 0.3) is 0 Å². The van der Waals surface area contributed by atoms with E-state index < -0.39 is 5.41 Å². The van der Waals surface area contributed by atoms with Gasteiger partial charge in [0.1, 0.15) is 0 Å². The maximum absolute atomic E-state index is 11.5. The van der Waals surface area contributed by atoms with Gasteiger partial charge in [-0.05, 0) is 13.8 Å². The highest BCUT2D eigenvalue weighted by Gasteiger charge is 2.26. The molecule has 0 aliphatic carbocycles. The number of amides is 2. The summed E-state index contributed by atoms with van der Waals surface area (Å²) in [6, 6.07) is 0. The molecule has 0 rings (SSSR count). The summed E-state index contributed by atoms with van der Waals surface area (Å²) in [4.78, 5) is 24.0. The van der Waals surface area contributed by atoms with Crippen LogP contribution in [0.4, 0.5) is 0 Å². The molecule has 0 saturated heterocycles. The molecule has 82 valence electrons. The molecule has 4 nitrogen and oxygen atoms in total. The molecule has 2 amide bonds. The Balaban J connectivity index is 4.04. The van der Waals surface area contributed by atoms with Crippen molar-refractivity contribution in [2.75, 3.05) is 26.5 Å². The highest BCUT2D eigenvalue weighted by molar-refractivity contribution is 6.19. The normalized spacial score (nSPS) is 10.9. The van der Waals surface area contributed by atoms with Gasteiger partial charge in [-0.25, -0.2) is 0 Å². The van der Waals surface area contributed by atoms with Gasteiger partial charge in [0.15, 0.2) is 0 Å². The fraction of sp³-hybridized carbons (Fsp3) is 0.778. The summed E-state index contributed by atoms with van der Waals surface area (Å²) in [7, 11) is 3.28. The zero-order valence-electron chi connectivity index (χ0n) is 9.06. The van der Waals surface area contributed by atoms with E-state index in [-0.39, 0.29) is 24.2 Å². The molecule has 0 bridgehead atoms. The number of rotatable bonds is 4. The second-order valence-corrected chi connectivity index (χ2v) is 4.26. The first-order valence-electron chi connectivity index (χ1n) is 4.35. The Labute approximate surface area is 89.6 Å². The Morgan fingerprint density at radius 1 is 1.36 bits per heavy atom. The smallest absolute Gasteiger partial charge is 0.241 e. The number of hydrogen-bond donors (Lipinski definition) is 1. The number of carbonyl (C=O) groups is 2. The Morgan fingerprint density at radius 2 is 1.86 bits per heavy atom. The predicted octanol–water partition coefficient (Wildman–Crippen LogP) is 0.456. The van der Waals surface area contributed by atoms with E-state index in [1.165, 1.54) is 4.90 Å². The van der Waals surface area contributed by atoms with Gasteiger partial charge in [0.2, 0.25) is 11.8 Å². The number of carbonyl (C=O) groups excluding carboxylic acids is 2. The molecule has 0 aromatic heterocycles. The van der Waals surface area contributed by atoms with Crippen LogP contribution in [0.3, 0.4) is 0 Å². The van der Waals surface area contributed by atoms with Crippen molar-refractivity contribution in [3.05, 3.63) is 0 Å². The maximum Gasteiger partial charge on any atom is 0.241 e. The minimum absolute atomic E-state index is 0.0200. The van der Waals surface area contributed by atoms with Gasteiger partial charge < -0.3 is 10.2 Å². The molecule has 0 aliphatic rings. The summed E-state index contributed by atoms with van der Waals surface area (Å²) in [5, 5.41) is 2.54. The quantitative estimate of drug-likeness (QED) is 0.700. The number of likely N-dealkylation sites (N-methyl/N-ethyl adjacent to an activating group) is 1. The van der Waals surface area contributed by atoms with Gasteiger partial charge >= 0.3 is 0 Å². The zero-order chi connectivity index (χ0) is 11.4. The lowest BCUT2D eigenvalue weighted by molar-refractivity contribution is -0.133. The SMILES string of the molecule is CN(C)C(=O)CNC(=O)C(C)(C)CCl. The minimum Gasteiger partial charge on any atom is -0.347 e. The first-order chi connectivity index (χ1) is 6.31. The molecule has 0 aromatic rings. The lowest BCUT2D eigenvalue weighted by Crippen LogP contribution is -2.43. The minimum atomic E-state index is -0.631. The van der Waals surface area contributed by atoms with Crippen LogP contribution in [0.2, 0.25) is 0 Å². The predicted molar refractivity (Wildman–Crippen MR) is 56.2 cm³/mol. The van der Waals surface area contributed by atoms with Crippen molar-refractivity contribution in [1.82, 2.24) is 10.2 Å². The van der Waals surface area contributed by atoms with Gasteiger partial charge in [-0.2, -0.15) is 0 Å². The summed E-state index contributed by atoms with van der Waals surface area (Å²) in [5.74, 6) is -0.110. The molecule has 14 heavy (non-hydrogen) atoms. The Morgan fingerprint density at radius 3 is 2.21 bits per heavy atom. The standard InChI is InChI=1S/C9H17ClN2O2/c1-9(2,6-10)8(14)11-5-7(13)12(3)4/h5-6H2,1-4H3,(H,11,14). The maximum atomic E-state index is 11.5. The van der Waals surface area contributed by atoms with Crippen LogP contribution in [0.5, 0.6) is 0 Å². The van der Waals surface area contributed by atoms with Crippen molar-refractivity contribution >= 4 is 23.4 Å². The molecule has 0 radical (unpaired) electrons. The average Bonchev–Trinajstić information content (AvgIpc) is 2.13. The third-order valence-electron chi connectivity index (χ3n) is 1.85. The number of hydrogen-bond acceptors (Lipinski definition) is 2. The third kappa shape index (κ3) is 3.96. The van der Waals surface area contributed by atoms with Gasteiger partial charge in [-0.3, -0.25) is 9.59 Å². The van der Waals surface area contributed by atoms with Gasteiger partial charge in [0.05, 0.1) is 12.0 Å². The molecule has 0 unspecified atom stereocenters. The van der Waals surface area contributed by atoms with Gasteiger partial charge in [-0.15, -0.1) is 11.6 Å². The van der Waals surface area contributed by atoms with E-state index in [0.717, 1.165) is 0 Å². The largest absolute Gasteiger partial charge is 0.347 e. The van der Waals surface area contributed by atoms with Crippen molar-refractivity contribution in [3.63, 3.8) is 0 Å². The molecule has 0 fully saturated rings. The summed E-state index contributed by atoms with van der Waals surface area (Å²) < 4.78 is 0. The summed E-state index contributed by atoms with van der Waals surface area (Å²) in [6.07, 6.45) is 0. The third-order valence-corrected chi connectivity index (χ3v) is 2.52. The molecule has 0 aromatic carbocycles. The van der Waals surface area contributed by atoms with Crippen LogP contribution in [0.15, 0.2) is 0 Å². The van der Waals surface area contributed by atoms with E-state index in [9.17, 15) is 9.59 Å². The van der Waals surface area contributed by atoms with Crippen LogP contribution < -0.4 is 5.32 Å². The van der Waals surface area contributed by atoms with E-state index in [0.29, 0.717) is 0 Å². The highest BCUT2D eigenvalue weighted by atomic mass is 35.5. The lowest BCUT2D eigenvalue weighted by Gasteiger charge is -2.20. The van der Waals surface area contributed by atoms with Crippen molar-refractivity contribution in [2.24, 2.45) is 5.41 Å². The Kier molecular flexibility index (Phi) is 4.91. The molecule has 0 heterocycles. The fourth-order valence-corrected chi connectivity index (χ4v) is 0.735. The second kappa shape index (κ2) is 5.20. The molecule has 0 aliphatic heterocycles. The second-order valence-electron chi connectivity index (χ2n) is 3.99. The van der Waals surface area contributed by atoms with Crippen molar-refractivity contribution in [1.29, 1.82) is 0 Å². The van der Waals surface area contributed by atoms with E-state index in [1.54, 1.807) is 27.9 Å². The fourth-order valence-electron chi connectivity index (χ4n) is 0.614. The highest BCUT2D eigenvalue weighted by Crippen LogP contribution is 2.16. The van der Waals surface area contributed by atoms with Crippen LogP contribution >= 0.6 is 11.6 Å². The Bertz CT molecular complexity index is 227. The van der Waals surface area contributed by atoms with E-state index in [1.807, 2.05) is 0 Å². The van der Waals surface area contributed by atoms with Crippen molar-refractivity contribution in [2.45, 2.75) is 13.8 Å². The van der Waals surface area contributed by atoms with Gasteiger partial charge in [-0.1, -0.05) is 0 Å². The van der Waals surface area contributed by atoms with E-state index >= 15 is 0 Å². The van der Waals surface area contributed by atoms with E-state index in [2.05, 4.69) is 5.32 Å².